The SMILES string of the molecule is CC.CC[C@@H](C)Oc1cc2c(cc1OC)CC(=O)N(c1ccc(OC)cc1)[C@@H]2c1ccc(Cl)cc1. The molecule has 0 aromatic heterocycles. The first-order chi connectivity index (χ1) is 16.9. The van der Waals surface area contributed by atoms with Gasteiger partial charge in [-0.1, -0.05) is 44.5 Å². The third kappa shape index (κ3) is 5.73. The molecule has 5 nitrogen and oxygen atoms in total. The number of rotatable bonds is 7. The topological polar surface area (TPSA) is 48.0 Å². The number of methoxy groups -OCH3 is 2. The van der Waals surface area contributed by atoms with Gasteiger partial charge in [0, 0.05) is 10.7 Å². The van der Waals surface area contributed by atoms with Crippen LogP contribution in [0.15, 0.2) is 60.7 Å². The summed E-state index contributed by atoms with van der Waals surface area (Å²) in [5, 5.41) is 0.646. The number of anilines is 1. The second-order valence-electron chi connectivity index (χ2n) is 8.13. The van der Waals surface area contributed by atoms with Gasteiger partial charge in [-0.05, 0) is 78.6 Å². The molecule has 35 heavy (non-hydrogen) atoms. The van der Waals surface area contributed by atoms with Gasteiger partial charge in [-0.25, -0.2) is 0 Å². The van der Waals surface area contributed by atoms with Gasteiger partial charge in [0.25, 0.3) is 0 Å². The van der Waals surface area contributed by atoms with Gasteiger partial charge in [-0.15, -0.1) is 0 Å². The Morgan fingerprint density at radius 1 is 0.971 bits per heavy atom. The lowest BCUT2D eigenvalue weighted by molar-refractivity contribution is -0.118. The lowest BCUT2D eigenvalue weighted by Crippen LogP contribution is -2.41. The minimum Gasteiger partial charge on any atom is -0.497 e. The average molecular weight is 496 g/mol. The lowest BCUT2D eigenvalue weighted by atomic mass is 9.86. The smallest absolute Gasteiger partial charge is 0.232 e. The molecule has 6 heteroatoms. The minimum absolute atomic E-state index is 0.00487. The molecule has 0 bridgehead atoms. The van der Waals surface area contributed by atoms with Gasteiger partial charge in [0.05, 0.1) is 32.8 Å². The fourth-order valence-electron chi connectivity index (χ4n) is 4.12. The van der Waals surface area contributed by atoms with Crippen LogP contribution in [0.1, 0.15) is 56.8 Å². The van der Waals surface area contributed by atoms with Crippen LogP contribution < -0.4 is 19.1 Å². The standard InChI is InChI=1S/C27H28ClNO4.C2H6/c1-5-17(2)33-25-16-23-19(14-24(25)32-4)15-26(30)29(21-10-12-22(31-3)13-11-21)27(23)18-6-8-20(28)9-7-18;1-2/h6-14,16-17,27H,5,15H2,1-4H3;1-2H3/t17-,27-;/m1./s1. The average Bonchev–Trinajstić information content (AvgIpc) is 2.89. The predicted octanol–water partition coefficient (Wildman–Crippen LogP) is 7.24. The Labute approximate surface area is 213 Å². The van der Waals surface area contributed by atoms with Crippen molar-refractivity contribution in [3.05, 3.63) is 82.4 Å². The molecule has 2 atom stereocenters. The van der Waals surface area contributed by atoms with E-state index in [0.29, 0.717) is 16.5 Å². The summed E-state index contributed by atoms with van der Waals surface area (Å²) in [7, 11) is 3.25. The molecule has 3 aromatic carbocycles. The maximum Gasteiger partial charge on any atom is 0.232 e. The van der Waals surface area contributed by atoms with Gasteiger partial charge in [0.1, 0.15) is 5.75 Å². The van der Waals surface area contributed by atoms with Crippen molar-refractivity contribution in [2.24, 2.45) is 0 Å². The van der Waals surface area contributed by atoms with Gasteiger partial charge >= 0.3 is 0 Å². The summed E-state index contributed by atoms with van der Waals surface area (Å²) in [6.07, 6.45) is 1.18. The first kappa shape index (κ1) is 26.4. The predicted molar refractivity (Wildman–Crippen MR) is 142 cm³/mol. The number of halogens is 1. The van der Waals surface area contributed by atoms with Crippen LogP contribution in [-0.4, -0.2) is 26.2 Å². The number of hydrogen-bond acceptors (Lipinski definition) is 4. The molecule has 1 aliphatic rings. The van der Waals surface area contributed by atoms with Crippen LogP contribution in [0.3, 0.4) is 0 Å². The van der Waals surface area contributed by atoms with Crippen LogP contribution in [0.2, 0.25) is 5.02 Å². The van der Waals surface area contributed by atoms with Crippen molar-refractivity contribution in [3.63, 3.8) is 0 Å². The van der Waals surface area contributed by atoms with E-state index in [1.807, 2.05) is 86.3 Å². The molecule has 0 saturated carbocycles. The van der Waals surface area contributed by atoms with Crippen molar-refractivity contribution >= 4 is 23.2 Å². The number of nitrogens with zero attached hydrogens (tertiary/aromatic N) is 1. The van der Waals surface area contributed by atoms with E-state index in [9.17, 15) is 4.79 Å². The van der Waals surface area contributed by atoms with Gasteiger partial charge in [0.2, 0.25) is 5.91 Å². The van der Waals surface area contributed by atoms with Crippen molar-refractivity contribution in [2.75, 3.05) is 19.1 Å². The number of amides is 1. The molecule has 3 aromatic rings. The van der Waals surface area contributed by atoms with E-state index in [4.69, 9.17) is 25.8 Å². The van der Waals surface area contributed by atoms with E-state index in [-0.39, 0.29) is 24.5 Å². The molecule has 1 aliphatic heterocycles. The summed E-state index contributed by atoms with van der Waals surface area (Å²) < 4.78 is 17.1. The lowest BCUT2D eigenvalue weighted by Gasteiger charge is -2.38. The van der Waals surface area contributed by atoms with Gasteiger partial charge < -0.3 is 19.1 Å². The first-order valence-corrected chi connectivity index (χ1v) is 12.4. The van der Waals surface area contributed by atoms with Crippen molar-refractivity contribution in [1.29, 1.82) is 0 Å². The van der Waals surface area contributed by atoms with Crippen LogP contribution in [0, 0.1) is 0 Å². The molecule has 1 heterocycles. The molecule has 4 rings (SSSR count). The summed E-state index contributed by atoms with van der Waals surface area (Å²) in [4.78, 5) is 15.3. The van der Waals surface area contributed by atoms with E-state index < -0.39 is 0 Å². The van der Waals surface area contributed by atoms with Crippen molar-refractivity contribution in [1.82, 2.24) is 0 Å². The van der Waals surface area contributed by atoms with Crippen LogP contribution in [0.25, 0.3) is 0 Å². The highest BCUT2D eigenvalue weighted by molar-refractivity contribution is 6.30. The number of carbonyl (C=O) groups excluding carboxylic acids is 1. The molecule has 0 N–H and O–H groups in total. The molecular formula is C29H34ClNO4. The Bertz CT molecular complexity index is 1130. The fourth-order valence-corrected chi connectivity index (χ4v) is 4.24. The summed E-state index contributed by atoms with van der Waals surface area (Å²) in [6.45, 7) is 8.11. The molecule has 0 aliphatic carbocycles. The third-order valence-corrected chi connectivity index (χ3v) is 6.28. The number of fused-ring (bicyclic) bond motifs is 1. The fraction of sp³-hybridized carbons (Fsp3) is 0.345. The molecule has 0 radical (unpaired) electrons. The monoisotopic (exact) mass is 495 g/mol. The molecule has 1 amide bonds. The van der Waals surface area contributed by atoms with E-state index in [2.05, 4.69) is 6.92 Å². The quantitative estimate of drug-likeness (QED) is 0.346. The zero-order chi connectivity index (χ0) is 25.5. The van der Waals surface area contributed by atoms with Crippen molar-refractivity contribution in [3.8, 4) is 17.2 Å². The molecule has 0 fully saturated rings. The van der Waals surface area contributed by atoms with E-state index in [1.165, 1.54) is 0 Å². The first-order valence-electron chi connectivity index (χ1n) is 12.0. The number of benzene rings is 3. The van der Waals surface area contributed by atoms with Crippen LogP contribution in [0.5, 0.6) is 17.2 Å². The van der Waals surface area contributed by atoms with Gasteiger partial charge in [0.15, 0.2) is 11.5 Å². The Morgan fingerprint density at radius 2 is 1.63 bits per heavy atom. The zero-order valence-corrected chi connectivity index (χ0v) is 22.1. The van der Waals surface area contributed by atoms with Gasteiger partial charge in [-0.2, -0.15) is 0 Å². The Morgan fingerprint density at radius 3 is 2.20 bits per heavy atom. The van der Waals surface area contributed by atoms with Crippen LogP contribution in [-0.2, 0) is 11.2 Å². The van der Waals surface area contributed by atoms with E-state index in [1.54, 1.807) is 14.2 Å². The van der Waals surface area contributed by atoms with E-state index >= 15 is 0 Å². The highest BCUT2D eigenvalue weighted by Gasteiger charge is 2.36. The summed E-state index contributed by atoms with van der Waals surface area (Å²) in [5.41, 5.74) is 3.70. The largest absolute Gasteiger partial charge is 0.497 e. The maximum absolute atomic E-state index is 13.5. The van der Waals surface area contributed by atoms with Crippen molar-refractivity contribution < 1.29 is 19.0 Å². The minimum atomic E-state index is -0.336. The molecule has 186 valence electrons. The molecule has 0 spiro atoms. The highest BCUT2D eigenvalue weighted by Crippen LogP contribution is 2.44. The molecular weight excluding hydrogens is 462 g/mol. The van der Waals surface area contributed by atoms with E-state index in [0.717, 1.165) is 34.5 Å². The second kappa shape index (κ2) is 12.0. The summed E-state index contributed by atoms with van der Waals surface area (Å²) in [6, 6.07) is 18.8. The highest BCUT2D eigenvalue weighted by atomic mass is 35.5. The van der Waals surface area contributed by atoms with Gasteiger partial charge in [-0.3, -0.25) is 4.79 Å². The van der Waals surface area contributed by atoms with Crippen molar-refractivity contribution in [2.45, 2.75) is 52.7 Å². The number of carbonyl (C=O) groups is 1. The Kier molecular flexibility index (Phi) is 9.05. The van der Waals surface area contributed by atoms with Crippen LogP contribution in [0.4, 0.5) is 5.69 Å². The summed E-state index contributed by atoms with van der Waals surface area (Å²) in [5.74, 6) is 2.05. The molecule has 0 unspecified atom stereocenters. The summed E-state index contributed by atoms with van der Waals surface area (Å²) >= 11 is 6.17. The normalized spacial score (nSPS) is 15.5. The Hall–Kier alpha value is -3.18. The number of hydrogen-bond donors (Lipinski definition) is 0. The Balaban J connectivity index is 0.00000167. The zero-order valence-electron chi connectivity index (χ0n) is 21.3. The third-order valence-electron chi connectivity index (χ3n) is 6.03. The van der Waals surface area contributed by atoms with Crippen LogP contribution >= 0.6 is 11.6 Å². The second-order valence-corrected chi connectivity index (χ2v) is 8.57. The number of ether oxygens (including phenoxy) is 3. The maximum atomic E-state index is 13.5. The molecule has 0 saturated heterocycles.